The summed E-state index contributed by atoms with van der Waals surface area (Å²) >= 11 is 0. The Morgan fingerprint density at radius 1 is 1.25 bits per heavy atom. The van der Waals surface area contributed by atoms with Crippen LogP contribution in [0.2, 0.25) is 0 Å². The van der Waals surface area contributed by atoms with Gasteiger partial charge >= 0.3 is 5.97 Å². The molecule has 1 fully saturated rings. The van der Waals surface area contributed by atoms with E-state index in [9.17, 15) is 14.7 Å². The van der Waals surface area contributed by atoms with Crippen molar-refractivity contribution in [1.29, 1.82) is 0 Å². The average Bonchev–Trinajstić information content (AvgIpc) is 3.03. The molecule has 0 aliphatic carbocycles. The van der Waals surface area contributed by atoms with E-state index < -0.39 is 11.9 Å². The number of carbonyl (C=O) groups excluding carboxylic acids is 1. The maximum absolute atomic E-state index is 12.9. The van der Waals surface area contributed by atoms with Crippen molar-refractivity contribution in [3.8, 4) is 0 Å². The highest BCUT2D eigenvalue weighted by atomic mass is 16.4. The van der Waals surface area contributed by atoms with Gasteiger partial charge in [0.2, 0.25) is 5.91 Å². The van der Waals surface area contributed by atoms with Gasteiger partial charge in [0.25, 0.3) is 0 Å². The number of fused-ring (bicyclic) bond motifs is 1. The molecule has 5 nitrogen and oxygen atoms in total. The van der Waals surface area contributed by atoms with Crippen LogP contribution in [-0.4, -0.2) is 41.0 Å². The first kappa shape index (κ1) is 17.0. The van der Waals surface area contributed by atoms with Gasteiger partial charge in [-0.15, -0.1) is 0 Å². The minimum absolute atomic E-state index is 0.0507. The zero-order valence-electron chi connectivity index (χ0n) is 14.2. The number of hydrogen-bond acceptors (Lipinski definition) is 3. The van der Waals surface area contributed by atoms with Crippen molar-refractivity contribution >= 4 is 11.9 Å². The van der Waals surface area contributed by atoms with Gasteiger partial charge in [-0.25, -0.2) is 0 Å². The number of benzene rings is 1. The summed E-state index contributed by atoms with van der Waals surface area (Å²) in [6, 6.07) is 7.94. The summed E-state index contributed by atoms with van der Waals surface area (Å²) in [4.78, 5) is 26.2. The predicted octanol–water partition coefficient (Wildman–Crippen LogP) is 2.05. The first-order valence-electron chi connectivity index (χ1n) is 8.92. The van der Waals surface area contributed by atoms with Crippen LogP contribution in [0.15, 0.2) is 24.3 Å². The van der Waals surface area contributed by atoms with Crippen molar-refractivity contribution in [2.24, 2.45) is 11.8 Å². The number of nitrogens with zero attached hydrogens (tertiary/aromatic N) is 1. The van der Waals surface area contributed by atoms with Crippen LogP contribution in [0.3, 0.4) is 0 Å². The van der Waals surface area contributed by atoms with E-state index in [1.54, 1.807) is 4.90 Å². The molecule has 0 bridgehead atoms. The van der Waals surface area contributed by atoms with Gasteiger partial charge in [-0.1, -0.05) is 44.0 Å². The van der Waals surface area contributed by atoms with E-state index in [4.69, 9.17) is 0 Å². The van der Waals surface area contributed by atoms with Gasteiger partial charge in [0, 0.05) is 19.6 Å². The predicted molar refractivity (Wildman–Crippen MR) is 91.5 cm³/mol. The van der Waals surface area contributed by atoms with Crippen molar-refractivity contribution in [2.45, 2.75) is 45.2 Å². The molecule has 5 heteroatoms. The van der Waals surface area contributed by atoms with Gasteiger partial charge < -0.3 is 15.3 Å². The average molecular weight is 330 g/mol. The van der Waals surface area contributed by atoms with Crippen LogP contribution in [0.4, 0.5) is 0 Å². The molecule has 1 aromatic carbocycles. The van der Waals surface area contributed by atoms with Crippen molar-refractivity contribution in [1.82, 2.24) is 10.2 Å². The van der Waals surface area contributed by atoms with Crippen LogP contribution < -0.4 is 5.32 Å². The lowest BCUT2D eigenvalue weighted by Crippen LogP contribution is -2.49. The van der Waals surface area contributed by atoms with Gasteiger partial charge in [-0.05, 0) is 29.9 Å². The lowest BCUT2D eigenvalue weighted by atomic mass is 9.91. The number of nitrogens with one attached hydrogen (secondary N) is 1. The van der Waals surface area contributed by atoms with Crippen molar-refractivity contribution < 1.29 is 14.7 Å². The fourth-order valence-electron chi connectivity index (χ4n) is 3.94. The van der Waals surface area contributed by atoms with E-state index in [0.29, 0.717) is 26.1 Å². The van der Waals surface area contributed by atoms with Crippen LogP contribution in [0.1, 0.15) is 37.3 Å². The quantitative estimate of drug-likeness (QED) is 0.867. The monoisotopic (exact) mass is 330 g/mol. The third-order valence-corrected chi connectivity index (χ3v) is 5.38. The zero-order chi connectivity index (χ0) is 17.1. The highest BCUT2D eigenvalue weighted by molar-refractivity contribution is 5.84. The molecule has 1 saturated heterocycles. The summed E-state index contributed by atoms with van der Waals surface area (Å²) in [5.74, 6) is -1.05. The van der Waals surface area contributed by atoms with Crippen molar-refractivity contribution in [3.05, 3.63) is 35.4 Å². The molecule has 0 aromatic heterocycles. The molecule has 3 atom stereocenters. The first-order chi connectivity index (χ1) is 11.6. The molecule has 1 amide bonds. The summed E-state index contributed by atoms with van der Waals surface area (Å²) in [5.41, 5.74) is 2.46. The fraction of sp³-hybridized carbons (Fsp3) is 0.579. The number of likely N-dealkylation sites (tertiary alicyclic amines) is 1. The van der Waals surface area contributed by atoms with Gasteiger partial charge in [0.1, 0.15) is 0 Å². The molecule has 0 saturated carbocycles. The normalized spacial score (nSPS) is 26.2. The summed E-state index contributed by atoms with van der Waals surface area (Å²) in [6.07, 6.45) is 3.64. The molecule has 3 rings (SSSR count). The van der Waals surface area contributed by atoms with Crippen LogP contribution in [0.25, 0.3) is 0 Å². The lowest BCUT2D eigenvalue weighted by Gasteiger charge is -2.29. The second-order valence-electron chi connectivity index (χ2n) is 7.00. The van der Waals surface area contributed by atoms with Gasteiger partial charge in [-0.3, -0.25) is 9.59 Å². The van der Waals surface area contributed by atoms with Crippen molar-refractivity contribution in [2.75, 3.05) is 13.1 Å². The van der Waals surface area contributed by atoms with Crippen LogP contribution in [0.5, 0.6) is 0 Å². The number of unbranched alkanes of at least 4 members (excludes halogenated alkanes) is 1. The maximum Gasteiger partial charge on any atom is 0.308 e. The number of carbonyl (C=O) groups is 2. The van der Waals surface area contributed by atoms with Gasteiger partial charge in [0.05, 0.1) is 12.0 Å². The molecule has 0 radical (unpaired) electrons. The largest absolute Gasteiger partial charge is 0.481 e. The maximum atomic E-state index is 12.9. The Balaban J connectivity index is 1.66. The van der Waals surface area contributed by atoms with Crippen molar-refractivity contribution in [3.63, 3.8) is 0 Å². The Morgan fingerprint density at radius 2 is 2.00 bits per heavy atom. The number of rotatable bonds is 5. The molecular weight excluding hydrogens is 304 g/mol. The second-order valence-corrected chi connectivity index (χ2v) is 7.00. The standard InChI is InChI=1S/C19H26N2O3/c1-2-3-6-15-11-21(12-16(15)19(23)24)18(22)17-9-13-7-4-5-8-14(13)10-20-17/h4-5,7-8,15-17,20H,2-3,6,9-12H2,1H3,(H,23,24)/t15-,16+,17?/m0/s1. The van der Waals surface area contributed by atoms with Gasteiger partial charge in [-0.2, -0.15) is 0 Å². The minimum atomic E-state index is -0.770. The molecule has 130 valence electrons. The number of amides is 1. The van der Waals surface area contributed by atoms with Crippen LogP contribution in [-0.2, 0) is 22.6 Å². The molecular formula is C19H26N2O3. The lowest BCUT2D eigenvalue weighted by molar-refractivity contribution is -0.142. The summed E-state index contributed by atoms with van der Waals surface area (Å²) in [5, 5.41) is 12.8. The summed E-state index contributed by atoms with van der Waals surface area (Å²) < 4.78 is 0. The minimum Gasteiger partial charge on any atom is -0.481 e. The Hall–Kier alpha value is -1.88. The Kier molecular flexibility index (Phi) is 5.19. The van der Waals surface area contributed by atoms with Gasteiger partial charge in [0.15, 0.2) is 0 Å². The SMILES string of the molecule is CCCC[C@H]1CN(C(=O)C2Cc3ccccc3CN2)C[C@H]1C(=O)O. The van der Waals surface area contributed by atoms with E-state index >= 15 is 0 Å². The third kappa shape index (κ3) is 3.46. The smallest absolute Gasteiger partial charge is 0.308 e. The molecule has 1 aromatic rings. The number of hydrogen-bond donors (Lipinski definition) is 2. The number of carboxylic acid groups (broad SMARTS) is 1. The second kappa shape index (κ2) is 7.34. The fourth-order valence-corrected chi connectivity index (χ4v) is 3.94. The number of aliphatic carboxylic acids is 1. The van der Waals surface area contributed by atoms with E-state index in [1.165, 1.54) is 11.1 Å². The highest BCUT2D eigenvalue weighted by Gasteiger charge is 2.41. The van der Waals surface area contributed by atoms with E-state index in [0.717, 1.165) is 19.3 Å². The molecule has 2 aliphatic rings. The highest BCUT2D eigenvalue weighted by Crippen LogP contribution is 2.29. The first-order valence-corrected chi connectivity index (χ1v) is 8.92. The topological polar surface area (TPSA) is 69.6 Å². The zero-order valence-corrected chi connectivity index (χ0v) is 14.2. The molecule has 2 heterocycles. The molecule has 24 heavy (non-hydrogen) atoms. The molecule has 0 spiro atoms. The summed E-state index contributed by atoms with van der Waals surface area (Å²) in [7, 11) is 0. The Labute approximate surface area is 143 Å². The number of carboxylic acids is 1. The Morgan fingerprint density at radius 3 is 2.71 bits per heavy atom. The van der Waals surface area contributed by atoms with E-state index in [-0.39, 0.29) is 17.9 Å². The Bertz CT molecular complexity index is 616. The van der Waals surface area contributed by atoms with E-state index in [1.807, 2.05) is 12.1 Å². The molecule has 2 aliphatic heterocycles. The molecule has 1 unspecified atom stereocenters. The third-order valence-electron chi connectivity index (χ3n) is 5.38. The molecule has 2 N–H and O–H groups in total. The summed E-state index contributed by atoms with van der Waals surface area (Å²) in [6.45, 7) is 3.73. The van der Waals surface area contributed by atoms with Crippen LogP contribution in [0, 0.1) is 11.8 Å². The van der Waals surface area contributed by atoms with E-state index in [2.05, 4.69) is 24.4 Å². The van der Waals surface area contributed by atoms with Crippen LogP contribution >= 0.6 is 0 Å².